The zero-order valence-corrected chi connectivity index (χ0v) is 14.3. The monoisotopic (exact) mass is 374 g/mol. The van der Waals surface area contributed by atoms with Gasteiger partial charge in [0.1, 0.15) is 10.0 Å². The first kappa shape index (κ1) is 17.3. The first-order chi connectivity index (χ1) is 11.4. The summed E-state index contributed by atoms with van der Waals surface area (Å²) < 4.78 is 9.57. The van der Waals surface area contributed by atoms with Gasteiger partial charge in [-0.2, -0.15) is 0 Å². The fourth-order valence-electron chi connectivity index (χ4n) is 2.58. The molecule has 0 unspecified atom stereocenters. The second-order valence-electron chi connectivity index (χ2n) is 5.82. The standard InChI is InChI=1S/C15H16Cl2N2O5/c16-15(17)8-11(15)9-24-14(20)10-1-2-12(13(7-10)19(21)22)18-3-5-23-6-4-18/h1-2,7,11H,3-6,8-9H2/t11-/m0/s1. The highest BCUT2D eigenvalue weighted by Gasteiger charge is 2.52. The number of anilines is 1. The Bertz CT molecular complexity index is 661. The average Bonchev–Trinajstić information content (AvgIpc) is 3.19. The third-order valence-corrected chi connectivity index (χ3v) is 5.06. The highest BCUT2D eigenvalue weighted by Crippen LogP contribution is 2.53. The lowest BCUT2D eigenvalue weighted by molar-refractivity contribution is -0.384. The van der Waals surface area contributed by atoms with E-state index in [-0.39, 0.29) is 23.8 Å². The molecule has 1 aliphatic heterocycles. The Labute approximate surface area is 148 Å². The molecule has 1 aromatic carbocycles. The van der Waals surface area contributed by atoms with E-state index in [0.29, 0.717) is 38.4 Å². The lowest BCUT2D eigenvalue weighted by Crippen LogP contribution is -2.36. The highest BCUT2D eigenvalue weighted by molar-refractivity contribution is 6.50. The Morgan fingerprint density at radius 2 is 2.08 bits per heavy atom. The van der Waals surface area contributed by atoms with Crippen LogP contribution in [0.3, 0.4) is 0 Å². The van der Waals surface area contributed by atoms with Crippen LogP contribution >= 0.6 is 23.2 Å². The molecule has 0 bridgehead atoms. The van der Waals surface area contributed by atoms with Crippen molar-refractivity contribution >= 4 is 40.5 Å². The van der Waals surface area contributed by atoms with Crippen molar-refractivity contribution < 1.29 is 19.2 Å². The quantitative estimate of drug-likeness (QED) is 0.341. The fraction of sp³-hybridized carbons (Fsp3) is 0.533. The molecule has 1 heterocycles. The number of hydrogen-bond acceptors (Lipinski definition) is 6. The first-order valence-electron chi connectivity index (χ1n) is 7.54. The molecular weight excluding hydrogens is 359 g/mol. The van der Waals surface area contributed by atoms with Crippen molar-refractivity contribution in [2.24, 2.45) is 5.92 Å². The van der Waals surface area contributed by atoms with Gasteiger partial charge in [-0.3, -0.25) is 10.1 Å². The van der Waals surface area contributed by atoms with Crippen LogP contribution in [-0.2, 0) is 9.47 Å². The molecule has 2 fully saturated rings. The summed E-state index contributed by atoms with van der Waals surface area (Å²) in [6.45, 7) is 2.27. The summed E-state index contributed by atoms with van der Waals surface area (Å²) in [6.07, 6.45) is 0.569. The molecule has 1 aliphatic carbocycles. The van der Waals surface area contributed by atoms with E-state index in [9.17, 15) is 14.9 Å². The number of nitro groups is 1. The molecule has 7 nitrogen and oxygen atoms in total. The second kappa shape index (κ2) is 6.74. The Morgan fingerprint density at radius 1 is 1.42 bits per heavy atom. The number of nitro benzene ring substituents is 1. The van der Waals surface area contributed by atoms with Gasteiger partial charge in [-0.25, -0.2) is 4.79 Å². The van der Waals surface area contributed by atoms with E-state index in [2.05, 4.69) is 0 Å². The fourth-order valence-corrected chi connectivity index (χ4v) is 3.08. The van der Waals surface area contributed by atoms with Crippen molar-refractivity contribution in [2.45, 2.75) is 10.8 Å². The maximum Gasteiger partial charge on any atom is 0.338 e. The van der Waals surface area contributed by atoms with Crippen LogP contribution in [0.1, 0.15) is 16.8 Å². The zero-order chi connectivity index (χ0) is 17.3. The number of carbonyl (C=O) groups is 1. The molecule has 0 radical (unpaired) electrons. The van der Waals surface area contributed by atoms with Gasteiger partial charge in [0.15, 0.2) is 0 Å². The zero-order valence-electron chi connectivity index (χ0n) is 12.7. The summed E-state index contributed by atoms with van der Waals surface area (Å²) in [7, 11) is 0. The molecule has 0 aromatic heterocycles. The predicted molar refractivity (Wildman–Crippen MR) is 89.0 cm³/mol. The molecule has 9 heteroatoms. The molecule has 130 valence electrons. The van der Waals surface area contributed by atoms with Gasteiger partial charge in [0.25, 0.3) is 5.69 Å². The molecule has 1 aromatic rings. The van der Waals surface area contributed by atoms with E-state index in [1.54, 1.807) is 6.07 Å². The first-order valence-corrected chi connectivity index (χ1v) is 8.30. The average molecular weight is 375 g/mol. The lowest BCUT2D eigenvalue weighted by Gasteiger charge is -2.28. The molecule has 1 saturated carbocycles. The van der Waals surface area contributed by atoms with Gasteiger partial charge in [0, 0.05) is 25.1 Å². The van der Waals surface area contributed by atoms with E-state index in [0.717, 1.165) is 0 Å². The number of carbonyl (C=O) groups excluding carboxylic acids is 1. The number of rotatable bonds is 5. The summed E-state index contributed by atoms with van der Waals surface area (Å²) in [4.78, 5) is 24.8. The molecule has 3 rings (SSSR count). The Morgan fingerprint density at radius 3 is 2.67 bits per heavy atom. The van der Waals surface area contributed by atoms with Gasteiger partial charge in [-0.15, -0.1) is 23.2 Å². The topological polar surface area (TPSA) is 81.9 Å². The van der Waals surface area contributed by atoms with Crippen LogP contribution in [0, 0.1) is 16.0 Å². The number of nitrogens with zero attached hydrogens (tertiary/aromatic N) is 2. The SMILES string of the molecule is O=C(OC[C@@H]1CC1(Cl)Cl)c1ccc(N2CCOCC2)c([N+](=O)[O-])c1. The minimum atomic E-state index is -0.827. The van der Waals surface area contributed by atoms with Crippen LogP contribution in [0.15, 0.2) is 18.2 Å². The number of ether oxygens (including phenoxy) is 2. The predicted octanol–water partition coefficient (Wildman–Crippen LogP) is 2.78. The van der Waals surface area contributed by atoms with Crippen LogP contribution in [0.25, 0.3) is 0 Å². The van der Waals surface area contributed by atoms with Crippen molar-refractivity contribution in [1.29, 1.82) is 0 Å². The smallest absolute Gasteiger partial charge is 0.338 e. The number of hydrogen-bond donors (Lipinski definition) is 0. The van der Waals surface area contributed by atoms with E-state index < -0.39 is 15.2 Å². The van der Waals surface area contributed by atoms with Crippen LogP contribution < -0.4 is 4.90 Å². The van der Waals surface area contributed by atoms with Crippen molar-refractivity contribution in [3.63, 3.8) is 0 Å². The highest BCUT2D eigenvalue weighted by atomic mass is 35.5. The van der Waals surface area contributed by atoms with E-state index in [1.807, 2.05) is 4.90 Å². The van der Waals surface area contributed by atoms with E-state index in [4.69, 9.17) is 32.7 Å². The van der Waals surface area contributed by atoms with Crippen LogP contribution in [0.4, 0.5) is 11.4 Å². The third-order valence-electron chi connectivity index (χ3n) is 4.13. The van der Waals surface area contributed by atoms with E-state index in [1.165, 1.54) is 12.1 Å². The number of esters is 1. The maximum absolute atomic E-state index is 12.1. The summed E-state index contributed by atoms with van der Waals surface area (Å²) in [6, 6.07) is 4.35. The van der Waals surface area contributed by atoms with Gasteiger partial charge in [-0.1, -0.05) is 0 Å². The summed E-state index contributed by atoms with van der Waals surface area (Å²) in [5.74, 6) is -0.713. The summed E-state index contributed by atoms with van der Waals surface area (Å²) in [5, 5.41) is 11.4. The third kappa shape index (κ3) is 3.74. The van der Waals surface area contributed by atoms with Crippen LogP contribution in [0.5, 0.6) is 0 Å². The van der Waals surface area contributed by atoms with Crippen LogP contribution in [-0.4, -0.2) is 48.1 Å². The van der Waals surface area contributed by atoms with Gasteiger partial charge in [0.05, 0.1) is 30.3 Å². The van der Waals surface area contributed by atoms with Crippen LogP contribution in [0.2, 0.25) is 0 Å². The number of halogens is 2. The minimum absolute atomic E-state index is 0.0904. The van der Waals surface area contributed by atoms with Gasteiger partial charge in [0.2, 0.25) is 0 Å². The molecule has 0 amide bonds. The minimum Gasteiger partial charge on any atom is -0.462 e. The van der Waals surface area contributed by atoms with Crippen molar-refractivity contribution in [2.75, 3.05) is 37.8 Å². The lowest BCUT2D eigenvalue weighted by atomic mass is 10.1. The maximum atomic E-state index is 12.1. The molecule has 1 saturated heterocycles. The van der Waals surface area contributed by atoms with Crippen molar-refractivity contribution in [1.82, 2.24) is 0 Å². The number of benzene rings is 1. The molecule has 0 N–H and O–H groups in total. The Balaban J connectivity index is 1.73. The van der Waals surface area contributed by atoms with Crippen molar-refractivity contribution in [3.8, 4) is 0 Å². The second-order valence-corrected chi connectivity index (χ2v) is 7.36. The largest absolute Gasteiger partial charge is 0.462 e. The normalized spacial score (nSPS) is 22.1. The molecule has 1 atom stereocenters. The van der Waals surface area contributed by atoms with Gasteiger partial charge >= 0.3 is 5.97 Å². The molecule has 2 aliphatic rings. The summed E-state index contributed by atoms with van der Waals surface area (Å²) in [5.41, 5.74) is 0.485. The van der Waals surface area contributed by atoms with Gasteiger partial charge in [-0.05, 0) is 18.6 Å². The Hall–Kier alpha value is -1.57. The summed E-state index contributed by atoms with van der Waals surface area (Å²) >= 11 is 11.8. The van der Waals surface area contributed by atoms with E-state index >= 15 is 0 Å². The number of morpholine rings is 1. The Kier molecular flexibility index (Phi) is 4.85. The molecule has 0 spiro atoms. The molecule has 24 heavy (non-hydrogen) atoms. The molecular formula is C15H16Cl2N2O5. The van der Waals surface area contributed by atoms with Crippen molar-refractivity contribution in [3.05, 3.63) is 33.9 Å². The number of alkyl halides is 2. The van der Waals surface area contributed by atoms with Gasteiger partial charge < -0.3 is 14.4 Å².